The van der Waals surface area contributed by atoms with Crippen molar-refractivity contribution in [3.8, 4) is 0 Å². The lowest BCUT2D eigenvalue weighted by molar-refractivity contribution is -0.143. The summed E-state index contributed by atoms with van der Waals surface area (Å²) in [4.78, 5) is 42.4. The van der Waals surface area contributed by atoms with E-state index in [1.165, 1.54) is 11.3 Å². The molecule has 0 fully saturated rings. The molecule has 31 heavy (non-hydrogen) atoms. The monoisotopic (exact) mass is 436 g/mol. The third-order valence-electron chi connectivity index (χ3n) is 4.81. The van der Waals surface area contributed by atoms with Crippen molar-refractivity contribution in [1.82, 2.24) is 4.57 Å². The van der Waals surface area contributed by atoms with Crippen LogP contribution in [0.3, 0.4) is 0 Å². The van der Waals surface area contributed by atoms with Gasteiger partial charge in [-0.25, -0.2) is 0 Å². The summed E-state index contributed by atoms with van der Waals surface area (Å²) < 4.78 is 13.1. The number of aryl methyl sites for hydroxylation is 2. The number of amides is 1. The van der Waals surface area contributed by atoms with Crippen LogP contribution in [0, 0.1) is 13.8 Å². The molecule has 158 valence electrons. The van der Waals surface area contributed by atoms with Crippen LogP contribution >= 0.6 is 11.3 Å². The summed E-state index contributed by atoms with van der Waals surface area (Å²) in [5.74, 6) is -1.15. The van der Waals surface area contributed by atoms with Crippen LogP contribution in [0.15, 0.2) is 56.9 Å². The Labute approximate surface area is 181 Å². The van der Waals surface area contributed by atoms with Crippen LogP contribution in [0.4, 0.5) is 0 Å². The van der Waals surface area contributed by atoms with E-state index in [-0.39, 0.29) is 18.7 Å². The number of esters is 1. The van der Waals surface area contributed by atoms with Gasteiger partial charge in [0.15, 0.2) is 4.80 Å². The Bertz CT molecular complexity index is 1460. The number of ether oxygens (including phenoxy) is 1. The lowest BCUT2D eigenvalue weighted by atomic mass is 10.1. The van der Waals surface area contributed by atoms with E-state index in [0.717, 1.165) is 27.6 Å². The molecule has 0 aliphatic rings. The largest absolute Gasteiger partial charge is 0.465 e. The highest BCUT2D eigenvalue weighted by Crippen LogP contribution is 2.23. The van der Waals surface area contributed by atoms with Crippen molar-refractivity contribution in [3.05, 3.63) is 74.4 Å². The predicted molar refractivity (Wildman–Crippen MR) is 118 cm³/mol. The van der Waals surface area contributed by atoms with Gasteiger partial charge in [0.2, 0.25) is 5.43 Å². The number of para-hydroxylation sites is 1. The van der Waals surface area contributed by atoms with Crippen molar-refractivity contribution in [1.29, 1.82) is 0 Å². The summed E-state index contributed by atoms with van der Waals surface area (Å²) in [6, 6.07) is 10.7. The number of benzene rings is 2. The molecule has 0 aliphatic heterocycles. The second-order valence-corrected chi connectivity index (χ2v) is 8.11. The van der Waals surface area contributed by atoms with Gasteiger partial charge in [-0.2, -0.15) is 4.99 Å². The first-order valence-electron chi connectivity index (χ1n) is 9.75. The van der Waals surface area contributed by atoms with Gasteiger partial charge in [-0.1, -0.05) is 29.5 Å². The minimum absolute atomic E-state index is 0.0871. The number of hydrogen-bond donors (Lipinski definition) is 0. The molecule has 2 aromatic carbocycles. The van der Waals surface area contributed by atoms with E-state index in [1.807, 2.05) is 26.0 Å². The Kier molecular flexibility index (Phi) is 5.56. The quantitative estimate of drug-likeness (QED) is 0.455. The second-order valence-electron chi connectivity index (χ2n) is 7.10. The number of rotatable bonds is 4. The van der Waals surface area contributed by atoms with Gasteiger partial charge in [0, 0.05) is 0 Å². The van der Waals surface area contributed by atoms with Gasteiger partial charge in [-0.15, -0.1) is 0 Å². The fourth-order valence-corrected chi connectivity index (χ4v) is 4.74. The lowest BCUT2D eigenvalue weighted by Crippen LogP contribution is -2.24. The van der Waals surface area contributed by atoms with Gasteiger partial charge in [0.1, 0.15) is 24.0 Å². The topological polar surface area (TPSA) is 90.9 Å². The van der Waals surface area contributed by atoms with Crippen LogP contribution in [-0.4, -0.2) is 23.1 Å². The molecular weight excluding hydrogens is 416 g/mol. The van der Waals surface area contributed by atoms with Gasteiger partial charge in [-0.3, -0.25) is 14.4 Å². The molecule has 2 aromatic heterocycles. The van der Waals surface area contributed by atoms with Gasteiger partial charge < -0.3 is 13.7 Å². The molecule has 0 radical (unpaired) electrons. The van der Waals surface area contributed by atoms with E-state index in [4.69, 9.17) is 9.15 Å². The normalized spacial score (nSPS) is 11.9. The summed E-state index contributed by atoms with van der Waals surface area (Å²) in [5.41, 5.74) is 2.61. The molecule has 4 rings (SSSR count). The third-order valence-corrected chi connectivity index (χ3v) is 5.84. The molecule has 8 heteroatoms. The van der Waals surface area contributed by atoms with Crippen LogP contribution in [-0.2, 0) is 16.1 Å². The van der Waals surface area contributed by atoms with Gasteiger partial charge in [0.25, 0.3) is 5.91 Å². The Morgan fingerprint density at radius 2 is 1.97 bits per heavy atom. The first kappa shape index (κ1) is 20.7. The molecule has 7 nitrogen and oxygen atoms in total. The van der Waals surface area contributed by atoms with Crippen LogP contribution in [0.5, 0.6) is 0 Å². The number of fused-ring (bicyclic) bond motifs is 2. The highest BCUT2D eigenvalue weighted by Gasteiger charge is 2.17. The third kappa shape index (κ3) is 3.94. The Morgan fingerprint density at radius 3 is 2.74 bits per heavy atom. The zero-order chi connectivity index (χ0) is 22.1. The molecule has 1 amide bonds. The minimum Gasteiger partial charge on any atom is -0.465 e. The van der Waals surface area contributed by atoms with E-state index in [1.54, 1.807) is 35.8 Å². The maximum absolute atomic E-state index is 12.9. The molecule has 0 unspecified atom stereocenters. The van der Waals surface area contributed by atoms with Crippen molar-refractivity contribution < 1.29 is 18.7 Å². The zero-order valence-electron chi connectivity index (χ0n) is 17.3. The molecule has 0 saturated heterocycles. The number of nitrogens with zero attached hydrogens (tertiary/aromatic N) is 2. The van der Waals surface area contributed by atoms with Gasteiger partial charge in [0.05, 0.1) is 22.2 Å². The molecule has 0 aliphatic carbocycles. The highest BCUT2D eigenvalue weighted by molar-refractivity contribution is 7.16. The zero-order valence-corrected chi connectivity index (χ0v) is 18.1. The predicted octanol–water partition coefficient (Wildman–Crippen LogP) is 3.73. The second kappa shape index (κ2) is 8.31. The smallest absolute Gasteiger partial charge is 0.326 e. The van der Waals surface area contributed by atoms with Gasteiger partial charge >= 0.3 is 5.97 Å². The van der Waals surface area contributed by atoms with E-state index in [2.05, 4.69) is 4.99 Å². The first-order chi connectivity index (χ1) is 14.9. The van der Waals surface area contributed by atoms with Gasteiger partial charge in [-0.05, 0) is 50.1 Å². The fraction of sp³-hybridized carbons (Fsp3) is 0.217. The molecule has 0 bridgehead atoms. The molecule has 4 aromatic rings. The van der Waals surface area contributed by atoms with Crippen LogP contribution < -0.4 is 10.2 Å². The SMILES string of the molecule is CCOC(=O)Cn1c(=NC(=O)c2coc3ccccc3c2=O)sc2cc(C)cc(C)c21. The summed E-state index contributed by atoms with van der Waals surface area (Å²) in [6.45, 7) is 5.81. The summed E-state index contributed by atoms with van der Waals surface area (Å²) in [7, 11) is 0. The Morgan fingerprint density at radius 1 is 1.19 bits per heavy atom. The lowest BCUT2D eigenvalue weighted by Gasteiger charge is -2.07. The molecule has 0 spiro atoms. The molecule has 0 N–H and O–H groups in total. The van der Waals surface area contributed by atoms with Crippen LogP contribution in [0.1, 0.15) is 28.4 Å². The Balaban J connectivity index is 1.89. The van der Waals surface area contributed by atoms with E-state index in [0.29, 0.717) is 15.8 Å². The van der Waals surface area contributed by atoms with Crippen molar-refractivity contribution in [2.75, 3.05) is 6.61 Å². The highest BCUT2D eigenvalue weighted by atomic mass is 32.1. The average molecular weight is 436 g/mol. The minimum atomic E-state index is -0.724. The summed E-state index contributed by atoms with van der Waals surface area (Å²) >= 11 is 1.28. The average Bonchev–Trinajstić information content (AvgIpc) is 3.05. The van der Waals surface area contributed by atoms with Crippen molar-refractivity contribution >= 4 is 44.4 Å². The maximum Gasteiger partial charge on any atom is 0.326 e. The first-order valence-corrected chi connectivity index (χ1v) is 10.6. The summed E-state index contributed by atoms with van der Waals surface area (Å²) in [5, 5.41) is 0.311. The van der Waals surface area contributed by atoms with Crippen molar-refractivity contribution in [2.45, 2.75) is 27.3 Å². The van der Waals surface area contributed by atoms with Crippen molar-refractivity contribution in [3.63, 3.8) is 0 Å². The van der Waals surface area contributed by atoms with Crippen molar-refractivity contribution in [2.24, 2.45) is 4.99 Å². The maximum atomic E-state index is 12.9. The summed E-state index contributed by atoms with van der Waals surface area (Å²) in [6.07, 6.45) is 1.13. The Hall–Kier alpha value is -3.52. The van der Waals surface area contributed by atoms with E-state index < -0.39 is 17.3 Å². The standard InChI is InChI=1S/C23H20N2O5S/c1-4-29-19(26)11-25-20-14(3)9-13(2)10-18(20)31-23(25)24-22(28)16-12-30-17-8-6-5-7-15(17)21(16)27/h5-10,12H,4,11H2,1-3H3. The molecule has 0 atom stereocenters. The number of aromatic nitrogens is 1. The number of carbonyl (C=O) groups excluding carboxylic acids is 2. The molecule has 0 saturated carbocycles. The number of hydrogen-bond acceptors (Lipinski definition) is 6. The van der Waals surface area contributed by atoms with E-state index in [9.17, 15) is 14.4 Å². The number of carbonyl (C=O) groups is 2. The molecular formula is C23H20N2O5S. The molecule has 2 heterocycles. The van der Waals surface area contributed by atoms with E-state index >= 15 is 0 Å². The van der Waals surface area contributed by atoms with Crippen LogP contribution in [0.25, 0.3) is 21.2 Å². The van der Waals surface area contributed by atoms with Crippen LogP contribution in [0.2, 0.25) is 0 Å². The fourth-order valence-electron chi connectivity index (χ4n) is 3.53. The number of thiazole rings is 1.